The van der Waals surface area contributed by atoms with E-state index in [4.69, 9.17) is 19.3 Å². The molecule has 1 aromatic rings. The molecule has 1 heterocycles. The number of carboxylic acids is 1. The molecule has 2 N–H and O–H groups in total. The monoisotopic (exact) mass is 447 g/mol. The van der Waals surface area contributed by atoms with Crippen molar-refractivity contribution in [2.75, 3.05) is 13.7 Å². The summed E-state index contributed by atoms with van der Waals surface area (Å²) in [6, 6.07) is 0. The smallest absolute Gasteiger partial charge is 0.342 e. The van der Waals surface area contributed by atoms with Crippen LogP contribution in [0.2, 0.25) is 0 Å². The minimum atomic E-state index is -0.895. The van der Waals surface area contributed by atoms with Crippen molar-refractivity contribution in [3.05, 3.63) is 33.9 Å². The zero-order valence-electron chi connectivity index (χ0n) is 18.8. The highest BCUT2D eigenvalue weighted by Crippen LogP contribution is 2.43. The maximum absolute atomic E-state index is 12.5. The predicted octanol–water partition coefficient (Wildman–Crippen LogP) is 2.85. The average Bonchev–Trinajstić information content (AvgIpc) is 3.13. The van der Waals surface area contributed by atoms with Crippen LogP contribution in [0.4, 0.5) is 0 Å². The summed E-state index contributed by atoms with van der Waals surface area (Å²) in [6.45, 7) is 5.89. The molecule has 0 radical (unpaired) electrons. The number of hydrogen-bond donors (Lipinski definition) is 2. The van der Waals surface area contributed by atoms with E-state index in [1.165, 1.54) is 7.11 Å². The molecule has 1 aliphatic rings. The Labute approximate surface area is 186 Å². The first-order valence-electron chi connectivity index (χ1n) is 10.4. The van der Waals surface area contributed by atoms with Crippen LogP contribution in [0.25, 0.3) is 0 Å². The summed E-state index contributed by atoms with van der Waals surface area (Å²) in [5, 5.41) is 11.5. The van der Waals surface area contributed by atoms with Gasteiger partial charge in [-0.05, 0) is 39.2 Å². The van der Waals surface area contributed by atoms with Crippen molar-refractivity contribution >= 4 is 23.8 Å². The minimum Gasteiger partial charge on any atom is -0.496 e. The molecule has 1 aliphatic heterocycles. The fraction of sp³-hybridized carbons (Fsp3) is 0.478. The maximum atomic E-state index is 12.5. The van der Waals surface area contributed by atoms with Gasteiger partial charge in [-0.15, -0.1) is 0 Å². The van der Waals surface area contributed by atoms with Gasteiger partial charge >= 0.3 is 17.9 Å². The largest absolute Gasteiger partial charge is 0.496 e. The molecule has 0 saturated carbocycles. The van der Waals surface area contributed by atoms with E-state index in [1.54, 1.807) is 13.8 Å². The lowest BCUT2D eigenvalue weighted by Gasteiger charge is -2.18. The Morgan fingerprint density at radius 2 is 1.88 bits per heavy atom. The third-order valence-corrected chi connectivity index (χ3v) is 5.16. The number of carboxylic acid groups (broad SMARTS) is 1. The van der Waals surface area contributed by atoms with Gasteiger partial charge in [0, 0.05) is 30.5 Å². The number of carbonyl (C=O) groups is 4. The van der Waals surface area contributed by atoms with E-state index in [1.807, 2.05) is 13.0 Å². The molecule has 0 spiro atoms. The molecule has 0 fully saturated rings. The van der Waals surface area contributed by atoms with Crippen molar-refractivity contribution < 1.29 is 38.5 Å². The van der Waals surface area contributed by atoms with Crippen LogP contribution in [0.5, 0.6) is 11.5 Å². The number of methoxy groups -OCH3 is 1. The van der Waals surface area contributed by atoms with Gasteiger partial charge in [0.05, 0.1) is 13.5 Å². The number of aliphatic carboxylic acids is 1. The number of benzene rings is 1. The van der Waals surface area contributed by atoms with E-state index in [0.717, 1.165) is 5.57 Å². The van der Waals surface area contributed by atoms with E-state index in [2.05, 4.69) is 5.32 Å². The number of fused-ring (bicyclic) bond motifs is 1. The SMILES string of the molecule is CCNC(=O)CCC(=O)Oc1c(C/C=C(\C)CCC(=O)O)c(OC)c(C)c2c1C(=O)OC2. The van der Waals surface area contributed by atoms with Gasteiger partial charge in [-0.3, -0.25) is 14.4 Å². The number of cyclic esters (lactones) is 1. The molecule has 0 unspecified atom stereocenters. The molecular formula is C23H29NO8. The molecule has 174 valence electrons. The highest BCUT2D eigenvalue weighted by molar-refractivity contribution is 5.99. The number of amides is 1. The van der Waals surface area contributed by atoms with Crippen LogP contribution < -0.4 is 14.8 Å². The fourth-order valence-electron chi connectivity index (χ4n) is 3.47. The third kappa shape index (κ3) is 6.09. The highest BCUT2D eigenvalue weighted by atomic mass is 16.6. The number of carbonyl (C=O) groups excluding carboxylic acids is 3. The minimum absolute atomic E-state index is 0.00330. The first-order chi connectivity index (χ1) is 15.2. The maximum Gasteiger partial charge on any atom is 0.342 e. The van der Waals surface area contributed by atoms with E-state index < -0.39 is 17.9 Å². The normalized spacial score (nSPS) is 12.8. The van der Waals surface area contributed by atoms with Crippen LogP contribution in [-0.2, 0) is 32.1 Å². The summed E-state index contributed by atoms with van der Waals surface area (Å²) in [6.07, 6.45) is 2.25. The lowest BCUT2D eigenvalue weighted by molar-refractivity contribution is -0.137. The van der Waals surface area contributed by atoms with Crippen molar-refractivity contribution in [3.63, 3.8) is 0 Å². The zero-order chi connectivity index (χ0) is 23.8. The Hall–Kier alpha value is -3.36. The Balaban J connectivity index is 2.41. The van der Waals surface area contributed by atoms with Crippen LogP contribution in [0.1, 0.15) is 66.6 Å². The van der Waals surface area contributed by atoms with Gasteiger partial charge in [-0.1, -0.05) is 11.6 Å². The van der Waals surface area contributed by atoms with E-state index in [-0.39, 0.29) is 49.5 Å². The van der Waals surface area contributed by atoms with Gasteiger partial charge in [0.25, 0.3) is 0 Å². The van der Waals surface area contributed by atoms with Crippen molar-refractivity contribution in [2.24, 2.45) is 0 Å². The first kappa shape index (κ1) is 24.9. The van der Waals surface area contributed by atoms with Crippen LogP contribution >= 0.6 is 0 Å². The first-order valence-corrected chi connectivity index (χ1v) is 10.4. The van der Waals surface area contributed by atoms with Crippen molar-refractivity contribution in [3.8, 4) is 11.5 Å². The van der Waals surface area contributed by atoms with Crippen LogP contribution in [0.15, 0.2) is 11.6 Å². The summed E-state index contributed by atoms with van der Waals surface area (Å²) in [4.78, 5) is 47.4. The molecular weight excluding hydrogens is 418 g/mol. The molecule has 0 atom stereocenters. The van der Waals surface area contributed by atoms with E-state index in [9.17, 15) is 19.2 Å². The van der Waals surface area contributed by atoms with Gasteiger partial charge in [-0.25, -0.2) is 4.79 Å². The summed E-state index contributed by atoms with van der Waals surface area (Å²) in [7, 11) is 1.48. The molecule has 2 rings (SSSR count). The Bertz CT molecular complexity index is 948. The Morgan fingerprint density at radius 3 is 2.50 bits per heavy atom. The molecule has 9 nitrogen and oxygen atoms in total. The van der Waals surface area contributed by atoms with Gasteiger partial charge < -0.3 is 24.6 Å². The second-order valence-electron chi connectivity index (χ2n) is 7.47. The fourth-order valence-corrected chi connectivity index (χ4v) is 3.47. The van der Waals surface area contributed by atoms with Crippen LogP contribution in [-0.4, -0.2) is 42.6 Å². The highest BCUT2D eigenvalue weighted by Gasteiger charge is 2.34. The van der Waals surface area contributed by atoms with Crippen LogP contribution in [0.3, 0.4) is 0 Å². The van der Waals surface area contributed by atoms with E-state index >= 15 is 0 Å². The van der Waals surface area contributed by atoms with Gasteiger partial charge in [0.15, 0.2) is 5.75 Å². The van der Waals surface area contributed by atoms with Crippen molar-refractivity contribution in [1.82, 2.24) is 5.32 Å². The van der Waals surface area contributed by atoms with Crippen molar-refractivity contribution in [1.29, 1.82) is 0 Å². The van der Waals surface area contributed by atoms with Gasteiger partial charge in [-0.2, -0.15) is 0 Å². The number of hydrogen-bond acceptors (Lipinski definition) is 7. The second-order valence-corrected chi connectivity index (χ2v) is 7.47. The summed E-state index contributed by atoms with van der Waals surface area (Å²) >= 11 is 0. The van der Waals surface area contributed by atoms with Gasteiger partial charge in [0.2, 0.25) is 5.91 Å². The number of nitrogens with one attached hydrogen (secondary N) is 1. The summed E-state index contributed by atoms with van der Waals surface area (Å²) < 4.78 is 16.3. The molecule has 0 saturated heterocycles. The zero-order valence-corrected chi connectivity index (χ0v) is 18.8. The quantitative estimate of drug-likeness (QED) is 0.301. The van der Waals surface area contributed by atoms with Gasteiger partial charge in [0.1, 0.15) is 17.9 Å². The molecule has 0 aromatic heterocycles. The predicted molar refractivity (Wildman–Crippen MR) is 115 cm³/mol. The molecule has 1 aromatic carbocycles. The topological polar surface area (TPSA) is 128 Å². The second kappa shape index (κ2) is 11.3. The van der Waals surface area contributed by atoms with E-state index in [0.29, 0.717) is 35.4 Å². The van der Waals surface area contributed by atoms with Crippen LogP contribution in [0, 0.1) is 6.92 Å². The lowest BCUT2D eigenvalue weighted by Crippen LogP contribution is -2.24. The molecule has 32 heavy (non-hydrogen) atoms. The molecule has 0 aliphatic carbocycles. The summed E-state index contributed by atoms with van der Waals surface area (Å²) in [5.41, 5.74) is 2.81. The molecule has 9 heteroatoms. The third-order valence-electron chi connectivity index (χ3n) is 5.16. The molecule has 1 amide bonds. The Kier molecular flexibility index (Phi) is 8.80. The number of rotatable bonds is 11. The number of allylic oxidation sites excluding steroid dienone is 2. The summed E-state index contributed by atoms with van der Waals surface area (Å²) in [5.74, 6) is -1.88. The van der Waals surface area contributed by atoms with Crippen molar-refractivity contribution in [2.45, 2.75) is 59.5 Å². The average molecular weight is 447 g/mol. The number of ether oxygens (including phenoxy) is 3. The lowest BCUT2D eigenvalue weighted by atomic mass is 9.94. The standard InChI is InChI=1S/C23H29NO8/c1-5-24-17(25)9-11-19(28)32-22-15(8-6-13(2)7-10-18(26)27)21(30-4)14(3)16-12-31-23(29)20(16)22/h6H,5,7-12H2,1-4H3,(H,24,25)(H,26,27)/b13-6+. The Morgan fingerprint density at radius 1 is 1.16 bits per heavy atom. The molecule has 0 bridgehead atoms. The number of esters is 2.